The van der Waals surface area contributed by atoms with Gasteiger partial charge in [0.25, 0.3) is 5.91 Å². The topological polar surface area (TPSA) is 74.0 Å². The highest BCUT2D eigenvalue weighted by atomic mass is 16.5. The summed E-state index contributed by atoms with van der Waals surface area (Å²) in [5.41, 5.74) is 1.55. The Hall–Kier alpha value is -2.83. The lowest BCUT2D eigenvalue weighted by atomic mass is 10.2. The third-order valence-electron chi connectivity index (χ3n) is 4.38. The summed E-state index contributed by atoms with van der Waals surface area (Å²) in [6.07, 6.45) is 0. The molecule has 3 rings (SSSR count). The van der Waals surface area contributed by atoms with Crippen LogP contribution in [0.1, 0.15) is 35.1 Å². The van der Waals surface area contributed by atoms with Gasteiger partial charge in [-0.3, -0.25) is 4.79 Å². The number of rotatable bonds is 5. The Morgan fingerprint density at radius 3 is 2.76 bits per heavy atom. The molecule has 0 aliphatic rings. The van der Waals surface area contributed by atoms with Gasteiger partial charge in [0.1, 0.15) is 23.1 Å². The van der Waals surface area contributed by atoms with E-state index < -0.39 is 0 Å². The van der Waals surface area contributed by atoms with Crippen LogP contribution in [0.5, 0.6) is 5.75 Å². The summed E-state index contributed by atoms with van der Waals surface area (Å²) in [5, 5.41) is 8.28. The van der Waals surface area contributed by atoms with E-state index in [4.69, 9.17) is 4.74 Å². The second-order valence-corrected chi connectivity index (χ2v) is 6.19. The van der Waals surface area contributed by atoms with Crippen LogP contribution in [-0.2, 0) is 7.05 Å². The molecule has 1 aromatic carbocycles. The van der Waals surface area contributed by atoms with Crippen LogP contribution in [0.4, 0.5) is 0 Å². The molecule has 1 atom stereocenters. The fraction of sp³-hybridized carbons (Fsp3) is 0.389. The van der Waals surface area contributed by atoms with Crippen LogP contribution in [0.25, 0.3) is 10.9 Å². The number of carbonyl (C=O) groups is 1. The van der Waals surface area contributed by atoms with Crippen LogP contribution < -0.4 is 10.1 Å². The average Bonchev–Trinajstić information content (AvgIpc) is 3.11. The number of amides is 1. The van der Waals surface area contributed by atoms with Crippen LogP contribution in [-0.4, -0.2) is 38.9 Å². The molecule has 2 heterocycles. The molecule has 7 heteroatoms. The van der Waals surface area contributed by atoms with E-state index >= 15 is 0 Å². The molecule has 7 nitrogen and oxygen atoms in total. The molecule has 1 amide bonds. The van der Waals surface area contributed by atoms with E-state index in [-0.39, 0.29) is 11.9 Å². The summed E-state index contributed by atoms with van der Waals surface area (Å²) in [5.74, 6) is 2.21. The van der Waals surface area contributed by atoms with E-state index in [1.54, 1.807) is 7.11 Å². The Labute approximate surface area is 146 Å². The summed E-state index contributed by atoms with van der Waals surface area (Å²) >= 11 is 0. The zero-order valence-corrected chi connectivity index (χ0v) is 15.2. The minimum atomic E-state index is -0.123. The van der Waals surface area contributed by atoms with Crippen LogP contribution in [0, 0.1) is 13.8 Å². The van der Waals surface area contributed by atoms with Crippen LogP contribution in [0.3, 0.4) is 0 Å². The first-order valence-corrected chi connectivity index (χ1v) is 8.22. The fourth-order valence-electron chi connectivity index (χ4n) is 3.10. The maximum Gasteiger partial charge on any atom is 0.268 e. The van der Waals surface area contributed by atoms with Crippen molar-refractivity contribution in [3.63, 3.8) is 0 Å². The predicted molar refractivity (Wildman–Crippen MR) is 96.0 cm³/mol. The number of aryl methyl sites for hydroxylation is 3. The maximum absolute atomic E-state index is 12.6. The molecule has 0 radical (unpaired) electrons. The normalized spacial score (nSPS) is 12.4. The molecule has 132 valence electrons. The highest BCUT2D eigenvalue weighted by Crippen LogP contribution is 2.28. The lowest BCUT2D eigenvalue weighted by Gasteiger charge is -2.14. The molecule has 0 saturated carbocycles. The van der Waals surface area contributed by atoms with E-state index in [1.807, 2.05) is 61.3 Å². The van der Waals surface area contributed by atoms with E-state index in [9.17, 15) is 4.79 Å². The lowest BCUT2D eigenvalue weighted by molar-refractivity contribution is 0.0940. The summed E-state index contributed by atoms with van der Waals surface area (Å²) in [6, 6.07) is 7.66. The summed E-state index contributed by atoms with van der Waals surface area (Å²) in [7, 11) is 3.51. The van der Waals surface area contributed by atoms with Crippen molar-refractivity contribution in [3.05, 3.63) is 41.6 Å². The van der Waals surface area contributed by atoms with Gasteiger partial charge in [-0.15, -0.1) is 0 Å². The maximum atomic E-state index is 12.6. The van der Waals surface area contributed by atoms with Gasteiger partial charge >= 0.3 is 0 Å². The molecule has 2 aromatic heterocycles. The number of fused-ring (bicyclic) bond motifs is 1. The summed E-state index contributed by atoms with van der Waals surface area (Å²) in [6.45, 7) is 6.25. The standard InChI is InChI=1S/C18H23N5O2/c1-11(23-13(3)20-12(2)21-23)10-19-18(24)16-9-14-15(22(16)4)7-6-8-17(14)25-5/h6-9,11H,10H2,1-5H3,(H,19,24)/t11-/m1/s1. The quantitative estimate of drug-likeness (QED) is 0.773. The van der Waals surface area contributed by atoms with Gasteiger partial charge in [0.05, 0.1) is 18.7 Å². The number of nitrogens with zero attached hydrogens (tertiary/aromatic N) is 4. The molecule has 0 fully saturated rings. The van der Waals surface area contributed by atoms with Crippen molar-refractivity contribution in [2.45, 2.75) is 26.8 Å². The number of ether oxygens (including phenoxy) is 1. The summed E-state index contributed by atoms with van der Waals surface area (Å²) < 4.78 is 9.09. The van der Waals surface area contributed by atoms with Gasteiger partial charge in [-0.2, -0.15) is 5.10 Å². The van der Waals surface area contributed by atoms with Gasteiger partial charge in [-0.05, 0) is 39.0 Å². The molecule has 0 unspecified atom stereocenters. The second-order valence-electron chi connectivity index (χ2n) is 6.19. The van der Waals surface area contributed by atoms with Crippen LogP contribution in [0.15, 0.2) is 24.3 Å². The first kappa shape index (κ1) is 17.0. The number of methoxy groups -OCH3 is 1. The van der Waals surface area contributed by atoms with Gasteiger partial charge < -0.3 is 14.6 Å². The smallest absolute Gasteiger partial charge is 0.268 e. The fourth-order valence-corrected chi connectivity index (χ4v) is 3.10. The van der Waals surface area contributed by atoms with Crippen molar-refractivity contribution >= 4 is 16.8 Å². The molecule has 25 heavy (non-hydrogen) atoms. The molecule has 3 aromatic rings. The van der Waals surface area contributed by atoms with Crippen LogP contribution >= 0.6 is 0 Å². The molecule has 0 saturated heterocycles. The highest BCUT2D eigenvalue weighted by molar-refractivity contribution is 6.00. The largest absolute Gasteiger partial charge is 0.496 e. The van der Waals surface area contributed by atoms with Gasteiger partial charge in [0, 0.05) is 19.0 Å². The SMILES string of the molecule is COc1cccc2c1cc(C(=O)NC[C@@H](C)n1nc(C)nc1C)n2C. The van der Waals surface area contributed by atoms with E-state index in [0.717, 1.165) is 28.3 Å². The Kier molecular flexibility index (Phi) is 4.48. The van der Waals surface area contributed by atoms with Gasteiger partial charge in [0.15, 0.2) is 0 Å². The number of hydrogen-bond donors (Lipinski definition) is 1. The number of hydrogen-bond acceptors (Lipinski definition) is 4. The molecule has 0 bridgehead atoms. The average molecular weight is 341 g/mol. The zero-order chi connectivity index (χ0) is 18.1. The Morgan fingerprint density at radius 2 is 2.12 bits per heavy atom. The van der Waals surface area contributed by atoms with E-state index in [2.05, 4.69) is 15.4 Å². The number of aromatic nitrogens is 4. The molecule has 1 N–H and O–H groups in total. The third-order valence-corrected chi connectivity index (χ3v) is 4.38. The van der Waals surface area contributed by atoms with Crippen molar-refractivity contribution < 1.29 is 9.53 Å². The summed E-state index contributed by atoms with van der Waals surface area (Å²) in [4.78, 5) is 16.9. The van der Waals surface area contributed by atoms with E-state index in [0.29, 0.717) is 12.2 Å². The van der Waals surface area contributed by atoms with Crippen molar-refractivity contribution in [3.8, 4) is 5.75 Å². The minimum absolute atomic E-state index is 0.0226. The number of carbonyl (C=O) groups excluding carboxylic acids is 1. The highest BCUT2D eigenvalue weighted by Gasteiger charge is 2.17. The predicted octanol–water partition coefficient (Wildman–Crippen LogP) is 2.39. The Balaban J connectivity index is 1.78. The van der Waals surface area contributed by atoms with Gasteiger partial charge in [0.2, 0.25) is 0 Å². The molecule has 0 aliphatic heterocycles. The number of nitrogens with one attached hydrogen (secondary N) is 1. The molecule has 0 spiro atoms. The third kappa shape index (κ3) is 3.09. The zero-order valence-electron chi connectivity index (χ0n) is 15.2. The van der Waals surface area contributed by atoms with Crippen molar-refractivity contribution in [1.29, 1.82) is 0 Å². The Bertz CT molecular complexity index is 925. The Morgan fingerprint density at radius 1 is 1.36 bits per heavy atom. The van der Waals surface area contributed by atoms with Crippen molar-refractivity contribution in [2.24, 2.45) is 7.05 Å². The van der Waals surface area contributed by atoms with Crippen molar-refractivity contribution in [2.75, 3.05) is 13.7 Å². The first-order valence-electron chi connectivity index (χ1n) is 8.22. The van der Waals surface area contributed by atoms with Crippen LogP contribution in [0.2, 0.25) is 0 Å². The minimum Gasteiger partial charge on any atom is -0.496 e. The molecule has 0 aliphatic carbocycles. The van der Waals surface area contributed by atoms with Gasteiger partial charge in [-0.25, -0.2) is 9.67 Å². The first-order chi connectivity index (χ1) is 11.9. The number of benzene rings is 1. The molecular formula is C18H23N5O2. The lowest BCUT2D eigenvalue weighted by Crippen LogP contribution is -2.31. The monoisotopic (exact) mass is 341 g/mol. The second kappa shape index (κ2) is 6.58. The van der Waals surface area contributed by atoms with Crippen molar-refractivity contribution in [1.82, 2.24) is 24.6 Å². The van der Waals surface area contributed by atoms with Gasteiger partial charge in [-0.1, -0.05) is 6.07 Å². The molecular weight excluding hydrogens is 318 g/mol. The van der Waals surface area contributed by atoms with E-state index in [1.165, 1.54) is 0 Å².